The maximum atomic E-state index is 10.5. The van der Waals surface area contributed by atoms with Crippen LogP contribution in [0.5, 0.6) is 0 Å². The van der Waals surface area contributed by atoms with Crippen molar-refractivity contribution >= 4 is 5.84 Å². The Morgan fingerprint density at radius 2 is 1.62 bits per heavy atom. The summed E-state index contributed by atoms with van der Waals surface area (Å²) < 4.78 is 0. The fraction of sp³-hybridized carbons (Fsp3) is 0.391. The van der Waals surface area contributed by atoms with Crippen LogP contribution in [0.4, 0.5) is 0 Å². The van der Waals surface area contributed by atoms with E-state index in [9.17, 15) is 5.26 Å². The Morgan fingerprint density at radius 3 is 2.12 bits per heavy atom. The van der Waals surface area contributed by atoms with Crippen molar-refractivity contribution in [2.75, 3.05) is 13.1 Å². The number of rotatable bonds is 4. The van der Waals surface area contributed by atoms with Crippen molar-refractivity contribution in [2.24, 2.45) is 10.9 Å². The smallest absolute Gasteiger partial charge is 0.110 e. The lowest BCUT2D eigenvalue weighted by molar-refractivity contribution is 0.313. The highest BCUT2D eigenvalue weighted by Crippen LogP contribution is 2.47. The molecule has 2 aliphatic rings. The van der Waals surface area contributed by atoms with Gasteiger partial charge in [-0.05, 0) is 43.2 Å². The van der Waals surface area contributed by atoms with Crippen LogP contribution in [0.2, 0.25) is 0 Å². The average molecular weight is 343 g/mol. The van der Waals surface area contributed by atoms with Gasteiger partial charge >= 0.3 is 0 Å². The van der Waals surface area contributed by atoms with Gasteiger partial charge in [-0.15, -0.1) is 0 Å². The molecule has 1 heterocycles. The standard InChI is InChI=1S/C23H25N3/c1-18-25-14-15-26(18)22-13-12-21(16-22)23(17-24,19-8-4-2-5-9-19)20-10-6-3-7-11-20/h2-11,21-22H,12-16H2,1H3. The molecule has 4 rings (SSSR count). The monoisotopic (exact) mass is 343 g/mol. The summed E-state index contributed by atoms with van der Waals surface area (Å²) in [6.45, 7) is 4.06. The van der Waals surface area contributed by atoms with Crippen LogP contribution < -0.4 is 0 Å². The molecule has 0 aromatic heterocycles. The second-order valence-electron chi connectivity index (χ2n) is 7.44. The van der Waals surface area contributed by atoms with Crippen LogP contribution in [0, 0.1) is 17.2 Å². The first-order chi connectivity index (χ1) is 12.8. The van der Waals surface area contributed by atoms with Gasteiger partial charge in [0.15, 0.2) is 0 Å². The molecule has 0 saturated heterocycles. The van der Waals surface area contributed by atoms with Gasteiger partial charge in [0, 0.05) is 12.6 Å². The van der Waals surface area contributed by atoms with E-state index in [2.05, 4.69) is 47.2 Å². The summed E-state index contributed by atoms with van der Waals surface area (Å²) >= 11 is 0. The largest absolute Gasteiger partial charge is 0.356 e. The van der Waals surface area contributed by atoms with Crippen molar-refractivity contribution in [3.63, 3.8) is 0 Å². The number of hydrogen-bond acceptors (Lipinski definition) is 3. The molecule has 3 nitrogen and oxygen atoms in total. The number of benzene rings is 2. The number of nitrogens with zero attached hydrogens (tertiary/aromatic N) is 3. The summed E-state index contributed by atoms with van der Waals surface area (Å²) in [5.74, 6) is 1.48. The zero-order valence-electron chi connectivity index (χ0n) is 15.3. The molecule has 2 atom stereocenters. The van der Waals surface area contributed by atoms with E-state index in [0.29, 0.717) is 12.0 Å². The van der Waals surface area contributed by atoms with Crippen molar-refractivity contribution < 1.29 is 0 Å². The minimum absolute atomic E-state index is 0.315. The predicted octanol–water partition coefficient (Wildman–Crippen LogP) is 4.40. The van der Waals surface area contributed by atoms with Gasteiger partial charge in [0.05, 0.1) is 18.4 Å². The van der Waals surface area contributed by atoms with Gasteiger partial charge in [-0.25, -0.2) is 0 Å². The first-order valence-electron chi connectivity index (χ1n) is 9.55. The predicted molar refractivity (Wildman–Crippen MR) is 105 cm³/mol. The molecule has 1 saturated carbocycles. The number of aliphatic imine (C=N–C) groups is 1. The van der Waals surface area contributed by atoms with Crippen molar-refractivity contribution in [1.82, 2.24) is 4.90 Å². The zero-order valence-corrected chi connectivity index (χ0v) is 15.3. The lowest BCUT2D eigenvalue weighted by atomic mass is 9.66. The minimum atomic E-state index is -0.581. The Kier molecular flexibility index (Phi) is 4.51. The summed E-state index contributed by atoms with van der Waals surface area (Å²) in [5, 5.41) is 10.5. The summed E-state index contributed by atoms with van der Waals surface area (Å²) in [6, 6.07) is 24.0. The van der Waals surface area contributed by atoms with Gasteiger partial charge in [-0.2, -0.15) is 5.26 Å². The molecule has 0 radical (unpaired) electrons. The third-order valence-electron chi connectivity index (χ3n) is 6.19. The second kappa shape index (κ2) is 6.96. The fourth-order valence-corrected chi connectivity index (χ4v) is 4.91. The first-order valence-corrected chi connectivity index (χ1v) is 9.55. The molecule has 1 aliphatic heterocycles. The lowest BCUT2D eigenvalue weighted by Crippen LogP contribution is -2.38. The van der Waals surface area contributed by atoms with E-state index in [0.717, 1.165) is 49.3 Å². The van der Waals surface area contributed by atoms with E-state index in [1.165, 1.54) is 0 Å². The van der Waals surface area contributed by atoms with Crippen LogP contribution in [0.3, 0.4) is 0 Å². The lowest BCUT2D eigenvalue weighted by Gasteiger charge is -2.35. The zero-order chi connectivity index (χ0) is 18.0. The summed E-state index contributed by atoms with van der Waals surface area (Å²) in [7, 11) is 0. The molecule has 132 valence electrons. The Labute approximate surface area is 156 Å². The van der Waals surface area contributed by atoms with E-state index in [4.69, 9.17) is 0 Å². The van der Waals surface area contributed by atoms with Gasteiger partial charge in [-0.1, -0.05) is 60.7 Å². The summed E-state index contributed by atoms with van der Waals surface area (Å²) in [6.07, 6.45) is 3.26. The van der Waals surface area contributed by atoms with Crippen molar-refractivity contribution in [3.8, 4) is 6.07 Å². The van der Waals surface area contributed by atoms with Crippen molar-refractivity contribution in [2.45, 2.75) is 37.6 Å². The third kappa shape index (κ3) is 2.70. The van der Waals surface area contributed by atoms with Gasteiger partial charge in [0.1, 0.15) is 5.41 Å². The maximum absolute atomic E-state index is 10.5. The molecular weight excluding hydrogens is 318 g/mol. The Hall–Kier alpha value is -2.60. The molecule has 2 unspecified atom stereocenters. The number of nitriles is 1. The summed E-state index contributed by atoms with van der Waals surface area (Å²) in [4.78, 5) is 7.02. The van der Waals surface area contributed by atoms with Crippen LogP contribution >= 0.6 is 0 Å². The van der Waals surface area contributed by atoms with Gasteiger partial charge < -0.3 is 4.90 Å². The normalized spacial score (nSPS) is 22.9. The van der Waals surface area contributed by atoms with Crippen LogP contribution in [-0.2, 0) is 5.41 Å². The molecule has 1 fully saturated rings. The summed E-state index contributed by atoms with van der Waals surface area (Å²) in [5.41, 5.74) is 1.65. The van der Waals surface area contributed by atoms with Crippen LogP contribution in [0.15, 0.2) is 65.7 Å². The molecule has 3 heteroatoms. The van der Waals surface area contributed by atoms with E-state index in [1.54, 1.807) is 0 Å². The van der Waals surface area contributed by atoms with Gasteiger partial charge in [0.2, 0.25) is 0 Å². The highest BCUT2D eigenvalue weighted by molar-refractivity contribution is 5.81. The number of amidine groups is 1. The van der Waals surface area contributed by atoms with Crippen molar-refractivity contribution in [1.29, 1.82) is 5.26 Å². The third-order valence-corrected chi connectivity index (χ3v) is 6.19. The second-order valence-corrected chi connectivity index (χ2v) is 7.44. The molecule has 26 heavy (non-hydrogen) atoms. The minimum Gasteiger partial charge on any atom is -0.356 e. The molecular formula is C23H25N3. The molecule has 2 aromatic rings. The molecule has 1 aliphatic carbocycles. The maximum Gasteiger partial charge on any atom is 0.110 e. The number of hydrogen-bond donors (Lipinski definition) is 0. The SMILES string of the molecule is CC1=NCCN1C1CCC(C(C#N)(c2ccccc2)c2ccccc2)C1. The topological polar surface area (TPSA) is 39.4 Å². The molecule has 0 amide bonds. The molecule has 0 bridgehead atoms. The van der Waals surface area contributed by atoms with Crippen molar-refractivity contribution in [3.05, 3.63) is 71.8 Å². The van der Waals surface area contributed by atoms with Crippen LogP contribution in [0.1, 0.15) is 37.3 Å². The molecule has 0 spiro atoms. The Bertz CT molecular complexity index is 780. The Balaban J connectivity index is 1.73. The average Bonchev–Trinajstić information content (AvgIpc) is 3.34. The van der Waals surface area contributed by atoms with E-state index < -0.39 is 5.41 Å². The molecule has 2 aromatic carbocycles. The Morgan fingerprint density at radius 1 is 1.00 bits per heavy atom. The van der Waals surface area contributed by atoms with Crippen LogP contribution in [0.25, 0.3) is 0 Å². The fourth-order valence-electron chi connectivity index (χ4n) is 4.91. The van der Waals surface area contributed by atoms with E-state index >= 15 is 0 Å². The van der Waals surface area contributed by atoms with Crippen LogP contribution in [-0.4, -0.2) is 29.9 Å². The first kappa shape index (κ1) is 16.8. The van der Waals surface area contributed by atoms with E-state index in [-0.39, 0.29) is 0 Å². The quantitative estimate of drug-likeness (QED) is 0.825. The highest BCUT2D eigenvalue weighted by Gasteiger charge is 2.47. The molecule has 0 N–H and O–H groups in total. The highest BCUT2D eigenvalue weighted by atomic mass is 15.3. The van der Waals surface area contributed by atoms with E-state index in [1.807, 2.05) is 36.4 Å². The van der Waals surface area contributed by atoms with Gasteiger partial charge in [0.25, 0.3) is 0 Å². The van der Waals surface area contributed by atoms with Gasteiger partial charge in [-0.3, -0.25) is 4.99 Å².